The van der Waals surface area contributed by atoms with Gasteiger partial charge in [0.2, 0.25) is 0 Å². The Kier molecular flexibility index (Phi) is 3.19. The third kappa shape index (κ3) is 1.72. The Balaban J connectivity index is 1.85. The van der Waals surface area contributed by atoms with E-state index in [-0.39, 0.29) is 24.5 Å². The van der Waals surface area contributed by atoms with Crippen LogP contribution in [0.3, 0.4) is 0 Å². The lowest BCUT2D eigenvalue weighted by Gasteiger charge is -2.59. The standard InChI is InChI=1S/C19H25F2NO2/c1-17-5-6-19(21)15(12(17)9-13(20)16(17)22)14(24)8-10-7-11(23)3-4-18(10,19)2/h3-4,7-8,12-16,23-24H,5-6,9,22H2,1-2H3/t12-,13?,14?,15+,16?,17-,18-,19-/m0/s1. The predicted octanol–water partition coefficient (Wildman–Crippen LogP) is 3.12. The minimum Gasteiger partial charge on any atom is -0.508 e. The zero-order valence-electron chi connectivity index (χ0n) is 14.0. The summed E-state index contributed by atoms with van der Waals surface area (Å²) < 4.78 is 30.8. The Morgan fingerprint density at radius 3 is 2.71 bits per heavy atom. The van der Waals surface area contributed by atoms with Gasteiger partial charge in [-0.1, -0.05) is 19.1 Å². The molecule has 4 rings (SSSR count). The first-order chi connectivity index (χ1) is 11.1. The summed E-state index contributed by atoms with van der Waals surface area (Å²) in [5.74, 6) is -0.922. The van der Waals surface area contributed by atoms with E-state index in [0.29, 0.717) is 12.0 Å². The second-order valence-corrected chi connectivity index (χ2v) is 8.50. The largest absolute Gasteiger partial charge is 0.508 e. The van der Waals surface area contributed by atoms with Crippen LogP contribution < -0.4 is 5.73 Å². The maximum Gasteiger partial charge on any atom is 0.129 e. The monoisotopic (exact) mass is 337 g/mol. The van der Waals surface area contributed by atoms with Gasteiger partial charge < -0.3 is 15.9 Å². The van der Waals surface area contributed by atoms with Gasteiger partial charge in [-0.25, -0.2) is 8.78 Å². The molecule has 0 aliphatic heterocycles. The Bertz CT molecular complexity index is 674. The molecule has 4 aliphatic rings. The van der Waals surface area contributed by atoms with Gasteiger partial charge >= 0.3 is 0 Å². The summed E-state index contributed by atoms with van der Waals surface area (Å²) in [6, 6.07) is -0.608. The Morgan fingerprint density at radius 1 is 1.29 bits per heavy atom. The second kappa shape index (κ2) is 4.70. The fourth-order valence-corrected chi connectivity index (χ4v) is 5.87. The number of fused-ring (bicyclic) bond motifs is 5. The number of hydrogen-bond donors (Lipinski definition) is 3. The van der Waals surface area contributed by atoms with Crippen molar-refractivity contribution in [2.75, 3.05) is 0 Å². The molecule has 0 aromatic rings. The highest BCUT2D eigenvalue weighted by Crippen LogP contribution is 2.66. The molecule has 2 saturated carbocycles. The molecule has 0 aromatic carbocycles. The van der Waals surface area contributed by atoms with Gasteiger partial charge in [0, 0.05) is 17.4 Å². The molecule has 3 nitrogen and oxygen atoms in total. The SMILES string of the molecule is C[C@]12C=CC(O)=CC1=CC(O)[C@H]1[C@@H]3CC(F)C(N)[C@@]3(C)CC[C@]12F. The van der Waals surface area contributed by atoms with E-state index in [1.165, 1.54) is 12.2 Å². The van der Waals surface area contributed by atoms with Crippen molar-refractivity contribution in [2.24, 2.45) is 28.4 Å². The molecule has 4 N–H and O–H groups in total. The first kappa shape index (κ1) is 16.3. The van der Waals surface area contributed by atoms with Gasteiger partial charge in [-0.2, -0.15) is 0 Å². The van der Waals surface area contributed by atoms with Crippen molar-refractivity contribution in [2.45, 2.75) is 57.1 Å². The molecular weight excluding hydrogens is 312 g/mol. The summed E-state index contributed by atoms with van der Waals surface area (Å²) in [7, 11) is 0. The Morgan fingerprint density at radius 2 is 2.00 bits per heavy atom. The lowest BCUT2D eigenvalue weighted by Crippen LogP contribution is -2.63. The summed E-state index contributed by atoms with van der Waals surface area (Å²) in [4.78, 5) is 0. The summed E-state index contributed by atoms with van der Waals surface area (Å²) in [5.41, 5.74) is 3.61. The van der Waals surface area contributed by atoms with Crippen molar-refractivity contribution in [3.63, 3.8) is 0 Å². The molecule has 0 radical (unpaired) electrons. The highest BCUT2D eigenvalue weighted by molar-refractivity contribution is 5.47. The molecule has 0 amide bonds. The summed E-state index contributed by atoms with van der Waals surface area (Å²) in [6.07, 6.45) is 5.14. The number of aliphatic hydroxyl groups excluding tert-OH is 2. The normalized spacial score (nSPS) is 56.0. The van der Waals surface area contributed by atoms with E-state index in [1.54, 1.807) is 12.2 Å². The Labute approximate surface area is 140 Å². The quantitative estimate of drug-likeness (QED) is 0.636. The predicted molar refractivity (Wildman–Crippen MR) is 87.7 cm³/mol. The van der Waals surface area contributed by atoms with E-state index in [0.717, 1.165) is 0 Å². The van der Waals surface area contributed by atoms with Crippen LogP contribution in [0.15, 0.2) is 35.6 Å². The number of allylic oxidation sites excluding steroid dienone is 4. The van der Waals surface area contributed by atoms with Gasteiger partial charge in [0.25, 0.3) is 0 Å². The molecule has 0 heterocycles. The summed E-state index contributed by atoms with van der Waals surface area (Å²) in [5, 5.41) is 20.5. The molecule has 0 spiro atoms. The molecular formula is C19H25F2NO2. The molecule has 8 atom stereocenters. The minimum absolute atomic E-state index is 0.0559. The number of aliphatic hydroxyl groups is 2. The number of alkyl halides is 2. The van der Waals surface area contributed by atoms with Crippen LogP contribution in [0.5, 0.6) is 0 Å². The van der Waals surface area contributed by atoms with E-state index in [2.05, 4.69) is 0 Å². The molecule has 0 saturated heterocycles. The van der Waals surface area contributed by atoms with E-state index in [1.807, 2.05) is 13.8 Å². The van der Waals surface area contributed by atoms with Crippen LogP contribution in [-0.4, -0.2) is 34.2 Å². The number of halogens is 2. The highest BCUT2D eigenvalue weighted by atomic mass is 19.1. The lowest BCUT2D eigenvalue weighted by molar-refractivity contribution is -0.143. The molecule has 0 aromatic heterocycles. The van der Waals surface area contributed by atoms with Crippen LogP contribution in [0.25, 0.3) is 0 Å². The Hall–Kier alpha value is -1.20. The van der Waals surface area contributed by atoms with Crippen molar-refractivity contribution >= 4 is 0 Å². The molecule has 5 heteroatoms. The molecule has 4 aliphatic carbocycles. The summed E-state index contributed by atoms with van der Waals surface area (Å²) in [6.45, 7) is 3.75. The number of hydrogen-bond acceptors (Lipinski definition) is 3. The minimum atomic E-state index is -1.68. The second-order valence-electron chi connectivity index (χ2n) is 8.50. The van der Waals surface area contributed by atoms with Gasteiger partial charge in [-0.15, -0.1) is 0 Å². The van der Waals surface area contributed by atoms with Gasteiger partial charge in [-0.3, -0.25) is 0 Å². The number of rotatable bonds is 0. The van der Waals surface area contributed by atoms with Gasteiger partial charge in [0.05, 0.1) is 6.10 Å². The average Bonchev–Trinajstić information content (AvgIpc) is 2.74. The number of nitrogens with two attached hydrogens (primary N) is 1. The third-order valence-electron chi connectivity index (χ3n) is 7.54. The molecule has 0 bridgehead atoms. The molecule has 2 fully saturated rings. The van der Waals surface area contributed by atoms with Gasteiger partial charge in [0.1, 0.15) is 17.6 Å². The van der Waals surface area contributed by atoms with E-state index in [4.69, 9.17) is 5.73 Å². The molecule has 3 unspecified atom stereocenters. The highest BCUT2D eigenvalue weighted by Gasteiger charge is 2.69. The zero-order chi connectivity index (χ0) is 17.5. The summed E-state index contributed by atoms with van der Waals surface area (Å²) >= 11 is 0. The van der Waals surface area contributed by atoms with Crippen molar-refractivity contribution in [3.8, 4) is 0 Å². The smallest absolute Gasteiger partial charge is 0.129 e. The molecule has 132 valence electrons. The first-order valence-corrected chi connectivity index (χ1v) is 8.72. The van der Waals surface area contributed by atoms with Gasteiger partial charge in [0.15, 0.2) is 0 Å². The van der Waals surface area contributed by atoms with Gasteiger partial charge in [-0.05, 0) is 55.2 Å². The van der Waals surface area contributed by atoms with Crippen molar-refractivity contribution in [1.82, 2.24) is 0 Å². The van der Waals surface area contributed by atoms with Crippen molar-refractivity contribution in [3.05, 3.63) is 35.6 Å². The van der Waals surface area contributed by atoms with E-state index < -0.39 is 40.7 Å². The van der Waals surface area contributed by atoms with Crippen LogP contribution in [0.1, 0.15) is 33.1 Å². The van der Waals surface area contributed by atoms with E-state index >= 15 is 4.39 Å². The van der Waals surface area contributed by atoms with Crippen LogP contribution in [-0.2, 0) is 0 Å². The maximum atomic E-state index is 16.5. The van der Waals surface area contributed by atoms with Crippen molar-refractivity contribution in [1.29, 1.82) is 0 Å². The third-order valence-corrected chi connectivity index (χ3v) is 7.54. The van der Waals surface area contributed by atoms with E-state index in [9.17, 15) is 14.6 Å². The molecule has 24 heavy (non-hydrogen) atoms. The first-order valence-electron chi connectivity index (χ1n) is 8.72. The zero-order valence-corrected chi connectivity index (χ0v) is 14.0. The fraction of sp³-hybridized carbons (Fsp3) is 0.684. The van der Waals surface area contributed by atoms with Crippen molar-refractivity contribution < 1.29 is 19.0 Å². The average molecular weight is 337 g/mol. The fourth-order valence-electron chi connectivity index (χ4n) is 5.87. The van der Waals surface area contributed by atoms with Crippen LogP contribution in [0.2, 0.25) is 0 Å². The topological polar surface area (TPSA) is 66.5 Å². The van der Waals surface area contributed by atoms with Crippen LogP contribution in [0, 0.1) is 22.7 Å². The lowest BCUT2D eigenvalue weighted by atomic mass is 9.47. The maximum absolute atomic E-state index is 16.5. The van der Waals surface area contributed by atoms with Crippen LogP contribution in [0.4, 0.5) is 8.78 Å². The van der Waals surface area contributed by atoms with Crippen LogP contribution >= 0.6 is 0 Å².